The summed E-state index contributed by atoms with van der Waals surface area (Å²) >= 11 is 12.0. The van der Waals surface area contributed by atoms with Crippen LogP contribution in [0.5, 0.6) is 0 Å². The van der Waals surface area contributed by atoms with E-state index in [0.29, 0.717) is 28.0 Å². The van der Waals surface area contributed by atoms with Crippen molar-refractivity contribution in [2.24, 2.45) is 0 Å². The number of aromatic nitrogens is 1. The number of nitrogens with zero attached hydrogens (tertiary/aromatic N) is 1. The Morgan fingerprint density at radius 2 is 2.17 bits per heavy atom. The van der Waals surface area contributed by atoms with Gasteiger partial charge in [0.05, 0.1) is 16.3 Å². The first kappa shape index (κ1) is 13.4. The Balaban J connectivity index is 2.16. The fourth-order valence-corrected chi connectivity index (χ4v) is 1.94. The van der Waals surface area contributed by atoms with Gasteiger partial charge in [0.2, 0.25) is 5.89 Å². The van der Waals surface area contributed by atoms with Gasteiger partial charge in [0.1, 0.15) is 6.26 Å². The molecule has 0 fully saturated rings. The van der Waals surface area contributed by atoms with Crippen molar-refractivity contribution >= 4 is 23.2 Å². The molecule has 0 saturated carbocycles. The van der Waals surface area contributed by atoms with Gasteiger partial charge >= 0.3 is 0 Å². The maximum absolute atomic E-state index is 6.09. The van der Waals surface area contributed by atoms with E-state index in [1.807, 2.05) is 0 Å². The Kier molecular flexibility index (Phi) is 4.64. The molecule has 2 rings (SSSR count). The quantitative estimate of drug-likeness (QED) is 0.839. The Labute approximate surface area is 116 Å². The number of hydrogen-bond donors (Lipinski definition) is 1. The summed E-state index contributed by atoms with van der Waals surface area (Å²) in [4.78, 5) is 4.38. The van der Waals surface area contributed by atoms with Crippen LogP contribution in [0.4, 0.5) is 0 Å². The SMILES string of the molecule is CCCNCc1coc(-c2cc(Cl)ccc2Cl)n1. The van der Waals surface area contributed by atoms with Crippen LogP contribution in [0.3, 0.4) is 0 Å². The first-order valence-corrected chi connectivity index (χ1v) is 6.57. The highest BCUT2D eigenvalue weighted by Gasteiger charge is 2.10. The molecular weight excluding hydrogens is 271 g/mol. The van der Waals surface area contributed by atoms with Crippen molar-refractivity contribution in [1.82, 2.24) is 10.3 Å². The van der Waals surface area contributed by atoms with E-state index in [-0.39, 0.29) is 0 Å². The van der Waals surface area contributed by atoms with Gasteiger partial charge in [-0.2, -0.15) is 0 Å². The van der Waals surface area contributed by atoms with Gasteiger partial charge in [0, 0.05) is 11.6 Å². The van der Waals surface area contributed by atoms with Crippen molar-refractivity contribution in [2.45, 2.75) is 19.9 Å². The molecule has 0 atom stereocenters. The zero-order valence-corrected chi connectivity index (χ0v) is 11.6. The molecule has 5 heteroatoms. The molecule has 0 amide bonds. The lowest BCUT2D eigenvalue weighted by Gasteiger charge is -2.00. The lowest BCUT2D eigenvalue weighted by Crippen LogP contribution is -2.13. The standard InChI is InChI=1S/C13H14Cl2N2O/c1-2-5-16-7-10-8-18-13(17-10)11-6-9(14)3-4-12(11)15/h3-4,6,8,16H,2,5,7H2,1H3. The predicted molar refractivity (Wildman–Crippen MR) is 74.0 cm³/mol. The van der Waals surface area contributed by atoms with Gasteiger partial charge < -0.3 is 9.73 Å². The third-order valence-electron chi connectivity index (χ3n) is 2.44. The number of halogens is 2. The fraction of sp³-hybridized carbons (Fsp3) is 0.308. The molecule has 1 N–H and O–H groups in total. The fourth-order valence-electron chi connectivity index (χ4n) is 1.57. The smallest absolute Gasteiger partial charge is 0.227 e. The third-order valence-corrected chi connectivity index (χ3v) is 3.01. The minimum absolute atomic E-state index is 0.496. The van der Waals surface area contributed by atoms with Crippen molar-refractivity contribution in [3.63, 3.8) is 0 Å². The molecule has 96 valence electrons. The molecule has 0 saturated heterocycles. The van der Waals surface area contributed by atoms with Gasteiger partial charge in [0.25, 0.3) is 0 Å². The summed E-state index contributed by atoms with van der Waals surface area (Å²) in [5.74, 6) is 0.496. The Bertz CT molecular complexity index is 525. The first-order chi connectivity index (χ1) is 8.70. The van der Waals surface area contributed by atoms with Gasteiger partial charge in [0.15, 0.2) is 0 Å². The van der Waals surface area contributed by atoms with Gasteiger partial charge in [-0.25, -0.2) is 4.98 Å². The molecule has 0 unspecified atom stereocenters. The van der Waals surface area contributed by atoms with E-state index in [4.69, 9.17) is 27.6 Å². The van der Waals surface area contributed by atoms with Gasteiger partial charge in [-0.05, 0) is 31.2 Å². The van der Waals surface area contributed by atoms with Crippen LogP contribution in [0.1, 0.15) is 19.0 Å². The summed E-state index contributed by atoms with van der Waals surface area (Å²) in [5, 5.41) is 4.45. The van der Waals surface area contributed by atoms with E-state index >= 15 is 0 Å². The molecule has 3 nitrogen and oxygen atoms in total. The lowest BCUT2D eigenvalue weighted by atomic mass is 10.2. The number of rotatable bonds is 5. The van der Waals surface area contributed by atoms with Crippen LogP contribution in [-0.2, 0) is 6.54 Å². The van der Waals surface area contributed by atoms with Gasteiger partial charge in [-0.15, -0.1) is 0 Å². The van der Waals surface area contributed by atoms with E-state index in [1.165, 1.54) is 0 Å². The molecule has 0 aliphatic heterocycles. The highest BCUT2D eigenvalue weighted by molar-refractivity contribution is 6.35. The van der Waals surface area contributed by atoms with E-state index in [2.05, 4.69) is 17.2 Å². The normalized spacial score (nSPS) is 10.8. The maximum atomic E-state index is 6.09. The van der Waals surface area contributed by atoms with Crippen LogP contribution in [0.2, 0.25) is 10.0 Å². The lowest BCUT2D eigenvalue weighted by molar-refractivity contribution is 0.570. The number of benzene rings is 1. The van der Waals surface area contributed by atoms with E-state index in [0.717, 1.165) is 18.7 Å². The van der Waals surface area contributed by atoms with Gasteiger partial charge in [-0.1, -0.05) is 30.1 Å². The number of nitrogens with one attached hydrogen (secondary N) is 1. The van der Waals surface area contributed by atoms with Crippen molar-refractivity contribution in [3.05, 3.63) is 40.2 Å². The third kappa shape index (κ3) is 3.25. The van der Waals surface area contributed by atoms with Crippen LogP contribution in [0.25, 0.3) is 11.5 Å². The molecule has 1 aromatic carbocycles. The summed E-state index contributed by atoms with van der Waals surface area (Å²) in [6, 6.07) is 5.22. The highest BCUT2D eigenvalue weighted by atomic mass is 35.5. The summed E-state index contributed by atoms with van der Waals surface area (Å²) in [6.07, 6.45) is 2.72. The van der Waals surface area contributed by atoms with Crippen LogP contribution in [-0.4, -0.2) is 11.5 Å². The van der Waals surface area contributed by atoms with Crippen LogP contribution >= 0.6 is 23.2 Å². The molecule has 2 aromatic rings. The Hall–Kier alpha value is -1.03. The van der Waals surface area contributed by atoms with Crippen molar-refractivity contribution in [1.29, 1.82) is 0 Å². The highest BCUT2D eigenvalue weighted by Crippen LogP contribution is 2.29. The maximum Gasteiger partial charge on any atom is 0.227 e. The number of hydrogen-bond acceptors (Lipinski definition) is 3. The molecule has 18 heavy (non-hydrogen) atoms. The summed E-state index contributed by atoms with van der Waals surface area (Å²) in [7, 11) is 0. The summed E-state index contributed by atoms with van der Waals surface area (Å²) < 4.78 is 5.42. The van der Waals surface area contributed by atoms with Gasteiger partial charge in [-0.3, -0.25) is 0 Å². The topological polar surface area (TPSA) is 38.1 Å². The average Bonchev–Trinajstić information content (AvgIpc) is 2.81. The molecule has 0 aliphatic rings. The molecule has 0 bridgehead atoms. The molecule has 0 spiro atoms. The molecular formula is C13H14Cl2N2O. The average molecular weight is 285 g/mol. The second-order valence-electron chi connectivity index (χ2n) is 3.94. The Morgan fingerprint density at radius 1 is 1.33 bits per heavy atom. The minimum Gasteiger partial charge on any atom is -0.444 e. The number of oxazole rings is 1. The second kappa shape index (κ2) is 6.23. The monoisotopic (exact) mass is 284 g/mol. The molecule has 0 radical (unpaired) electrons. The van der Waals surface area contributed by atoms with E-state index in [9.17, 15) is 0 Å². The predicted octanol–water partition coefficient (Wildman–Crippen LogP) is 4.15. The van der Waals surface area contributed by atoms with Crippen LogP contribution in [0.15, 0.2) is 28.9 Å². The Morgan fingerprint density at radius 3 is 2.94 bits per heavy atom. The minimum atomic E-state index is 0.496. The van der Waals surface area contributed by atoms with E-state index in [1.54, 1.807) is 24.5 Å². The zero-order chi connectivity index (χ0) is 13.0. The zero-order valence-electron chi connectivity index (χ0n) is 10.0. The van der Waals surface area contributed by atoms with Crippen molar-refractivity contribution in [3.8, 4) is 11.5 Å². The van der Waals surface area contributed by atoms with Crippen molar-refractivity contribution < 1.29 is 4.42 Å². The largest absolute Gasteiger partial charge is 0.444 e. The van der Waals surface area contributed by atoms with E-state index < -0.39 is 0 Å². The second-order valence-corrected chi connectivity index (χ2v) is 4.79. The molecule has 1 heterocycles. The van der Waals surface area contributed by atoms with Crippen LogP contribution in [0, 0.1) is 0 Å². The summed E-state index contributed by atoms with van der Waals surface area (Å²) in [5.41, 5.74) is 1.57. The first-order valence-electron chi connectivity index (χ1n) is 5.81. The van der Waals surface area contributed by atoms with Crippen molar-refractivity contribution in [2.75, 3.05) is 6.54 Å². The molecule has 1 aromatic heterocycles. The summed E-state index contributed by atoms with van der Waals surface area (Å²) in [6.45, 7) is 3.77. The van der Waals surface area contributed by atoms with Crippen LogP contribution < -0.4 is 5.32 Å². The molecule has 0 aliphatic carbocycles.